The second-order valence-electron chi connectivity index (χ2n) is 5.90. The molecule has 150 valence electrons. The maximum Gasteiger partial charge on any atom is 0.345 e. The Labute approximate surface area is 167 Å². The van der Waals surface area contributed by atoms with Crippen LogP contribution in [0.25, 0.3) is 6.08 Å². The molecule has 2 aromatic rings. The summed E-state index contributed by atoms with van der Waals surface area (Å²) in [5.41, 5.74) is 0.615. The summed E-state index contributed by atoms with van der Waals surface area (Å²) in [4.78, 5) is 24.2. The fraction of sp³-hybridized carbons (Fsp3) is 0.143. The first-order chi connectivity index (χ1) is 14.0. The number of nitrogens with one attached hydrogen (secondary N) is 1. The van der Waals surface area contributed by atoms with Gasteiger partial charge in [0, 0.05) is 5.69 Å². The highest BCUT2D eigenvalue weighted by Crippen LogP contribution is 2.39. The van der Waals surface area contributed by atoms with Crippen LogP contribution >= 0.6 is 0 Å². The van der Waals surface area contributed by atoms with Gasteiger partial charge in [0.15, 0.2) is 22.8 Å². The number of ether oxygens (including phenoxy) is 4. The molecule has 3 rings (SSSR count). The fourth-order valence-corrected chi connectivity index (χ4v) is 2.80. The number of rotatable bonds is 7. The van der Waals surface area contributed by atoms with Crippen LogP contribution in [0.2, 0.25) is 0 Å². The highest BCUT2D eigenvalue weighted by Gasteiger charge is 2.36. The van der Waals surface area contributed by atoms with E-state index >= 15 is 0 Å². The largest absolute Gasteiger partial charge is 0.493 e. The lowest BCUT2D eigenvalue weighted by Crippen LogP contribution is -2.12. The zero-order valence-electron chi connectivity index (χ0n) is 16.0. The van der Waals surface area contributed by atoms with E-state index in [1.165, 1.54) is 27.4 Å². The third-order valence-electron chi connectivity index (χ3n) is 4.12. The fourth-order valence-electron chi connectivity index (χ4n) is 2.80. The van der Waals surface area contributed by atoms with E-state index in [0.29, 0.717) is 28.5 Å². The summed E-state index contributed by atoms with van der Waals surface area (Å²) in [5, 5.41) is 12.3. The Morgan fingerprint density at radius 3 is 2.17 bits per heavy atom. The van der Waals surface area contributed by atoms with Crippen molar-refractivity contribution in [1.82, 2.24) is 0 Å². The van der Waals surface area contributed by atoms with E-state index in [1.54, 1.807) is 36.4 Å². The molecule has 1 aliphatic heterocycles. The molecule has 0 fully saturated rings. The average molecular weight is 397 g/mol. The van der Waals surface area contributed by atoms with E-state index in [2.05, 4.69) is 5.32 Å². The molecule has 0 amide bonds. The van der Waals surface area contributed by atoms with Crippen molar-refractivity contribution in [1.29, 1.82) is 0 Å². The predicted octanol–water partition coefficient (Wildman–Crippen LogP) is 3.06. The zero-order valence-corrected chi connectivity index (χ0v) is 16.0. The van der Waals surface area contributed by atoms with Gasteiger partial charge >= 0.3 is 5.97 Å². The Balaban J connectivity index is 1.98. The van der Waals surface area contributed by atoms with Crippen LogP contribution in [0.15, 0.2) is 59.7 Å². The van der Waals surface area contributed by atoms with Crippen LogP contribution in [0.4, 0.5) is 5.69 Å². The number of hydrogen-bond donors (Lipinski definition) is 2. The molecule has 0 saturated heterocycles. The minimum Gasteiger partial charge on any atom is -0.493 e. The molecule has 2 aromatic carbocycles. The molecule has 0 aliphatic carbocycles. The topological polar surface area (TPSA) is 103 Å². The molecule has 2 N–H and O–H groups in total. The van der Waals surface area contributed by atoms with Crippen molar-refractivity contribution in [2.75, 3.05) is 26.6 Å². The Bertz CT molecular complexity index is 984. The molecule has 0 radical (unpaired) electrons. The summed E-state index contributed by atoms with van der Waals surface area (Å²) >= 11 is 0. The third-order valence-corrected chi connectivity index (χ3v) is 4.12. The molecule has 8 nitrogen and oxygen atoms in total. The van der Waals surface area contributed by atoms with Crippen molar-refractivity contribution in [3.05, 3.63) is 65.2 Å². The van der Waals surface area contributed by atoms with Crippen LogP contribution in [0.5, 0.6) is 17.2 Å². The number of allylic oxidation sites excluding steroid dienone is 1. The number of ketones is 1. The van der Waals surface area contributed by atoms with Gasteiger partial charge in [0.25, 0.3) is 0 Å². The number of carbonyl (C=O) groups is 2. The normalized spacial score (nSPS) is 14.6. The quantitative estimate of drug-likeness (QED) is 0.543. The molecule has 0 atom stereocenters. The van der Waals surface area contributed by atoms with E-state index in [9.17, 15) is 14.7 Å². The second-order valence-corrected chi connectivity index (χ2v) is 5.90. The standard InChI is InChI=1S/C21H19NO7/c1-26-15-10-12(11-16(27-2)19(15)28-3)9-14-18(23)17(21(24)25)20(29-14)22-13-7-5-4-6-8-13/h4-11,22H,1-3H3,(H,24,25)/b14-9-. The maximum absolute atomic E-state index is 12.6. The van der Waals surface area contributed by atoms with Gasteiger partial charge in [-0.15, -0.1) is 0 Å². The number of carboxylic acids is 1. The van der Waals surface area contributed by atoms with Gasteiger partial charge in [0.2, 0.25) is 17.4 Å². The van der Waals surface area contributed by atoms with Crippen molar-refractivity contribution in [2.24, 2.45) is 0 Å². The zero-order chi connectivity index (χ0) is 21.0. The Morgan fingerprint density at radius 2 is 1.66 bits per heavy atom. The van der Waals surface area contributed by atoms with Gasteiger partial charge in [-0.1, -0.05) is 18.2 Å². The summed E-state index contributed by atoms with van der Waals surface area (Å²) in [7, 11) is 4.42. The van der Waals surface area contributed by atoms with Crippen molar-refractivity contribution < 1.29 is 33.6 Å². The molecule has 1 aliphatic rings. The molecule has 0 bridgehead atoms. The first kappa shape index (κ1) is 19.8. The lowest BCUT2D eigenvalue weighted by molar-refractivity contribution is -0.134. The Hall–Kier alpha value is -3.94. The van der Waals surface area contributed by atoms with Crippen molar-refractivity contribution in [3.63, 3.8) is 0 Å². The maximum atomic E-state index is 12.6. The summed E-state index contributed by atoms with van der Waals surface area (Å²) < 4.78 is 21.4. The van der Waals surface area contributed by atoms with Crippen LogP contribution in [-0.2, 0) is 14.3 Å². The summed E-state index contributed by atoms with van der Waals surface area (Å²) in [6, 6.07) is 12.0. The van der Waals surface area contributed by atoms with Crippen LogP contribution in [0, 0.1) is 0 Å². The van der Waals surface area contributed by atoms with Crippen LogP contribution in [0.1, 0.15) is 5.56 Å². The van der Waals surface area contributed by atoms with Gasteiger partial charge in [-0.05, 0) is 35.9 Å². The van der Waals surface area contributed by atoms with E-state index in [1.807, 2.05) is 6.07 Å². The minimum absolute atomic E-state index is 0.143. The summed E-state index contributed by atoms with van der Waals surface area (Å²) in [6.07, 6.45) is 1.41. The number of hydrogen-bond acceptors (Lipinski definition) is 7. The van der Waals surface area contributed by atoms with Gasteiger partial charge in [-0.2, -0.15) is 0 Å². The van der Waals surface area contributed by atoms with Gasteiger partial charge in [0.05, 0.1) is 21.3 Å². The Morgan fingerprint density at radius 1 is 1.03 bits per heavy atom. The second kappa shape index (κ2) is 8.39. The van der Waals surface area contributed by atoms with Crippen molar-refractivity contribution in [2.45, 2.75) is 0 Å². The lowest BCUT2D eigenvalue weighted by atomic mass is 10.1. The molecule has 29 heavy (non-hydrogen) atoms. The summed E-state index contributed by atoms with van der Waals surface area (Å²) in [6.45, 7) is 0. The predicted molar refractivity (Wildman–Crippen MR) is 105 cm³/mol. The van der Waals surface area contributed by atoms with Crippen LogP contribution in [-0.4, -0.2) is 38.2 Å². The van der Waals surface area contributed by atoms with E-state index < -0.39 is 17.3 Å². The number of methoxy groups -OCH3 is 3. The van der Waals surface area contributed by atoms with Crippen LogP contribution in [0.3, 0.4) is 0 Å². The number of anilines is 1. The number of carbonyl (C=O) groups excluding carboxylic acids is 1. The SMILES string of the molecule is COc1cc(/C=C2\OC(Nc3ccccc3)=C(C(=O)O)C2=O)cc(OC)c1OC. The molecule has 1 heterocycles. The van der Waals surface area contributed by atoms with E-state index in [0.717, 1.165) is 0 Å². The monoisotopic (exact) mass is 397 g/mol. The first-order valence-electron chi connectivity index (χ1n) is 8.52. The number of para-hydroxylation sites is 1. The molecule has 0 aromatic heterocycles. The third kappa shape index (κ3) is 4.01. The van der Waals surface area contributed by atoms with Gasteiger partial charge in [-0.3, -0.25) is 4.79 Å². The lowest BCUT2D eigenvalue weighted by Gasteiger charge is -2.13. The van der Waals surface area contributed by atoms with Gasteiger partial charge < -0.3 is 29.4 Å². The molecule has 0 spiro atoms. The van der Waals surface area contributed by atoms with E-state index in [-0.39, 0.29) is 11.6 Å². The van der Waals surface area contributed by atoms with E-state index in [4.69, 9.17) is 18.9 Å². The van der Waals surface area contributed by atoms with Crippen molar-refractivity contribution in [3.8, 4) is 17.2 Å². The van der Waals surface area contributed by atoms with Crippen molar-refractivity contribution >= 4 is 23.5 Å². The number of carboxylic acid groups (broad SMARTS) is 1. The first-order valence-corrected chi connectivity index (χ1v) is 8.52. The smallest absolute Gasteiger partial charge is 0.345 e. The van der Waals surface area contributed by atoms with Crippen LogP contribution < -0.4 is 19.5 Å². The number of benzene rings is 2. The highest BCUT2D eigenvalue weighted by atomic mass is 16.5. The average Bonchev–Trinajstić information content (AvgIpc) is 3.02. The Kier molecular flexibility index (Phi) is 5.73. The highest BCUT2D eigenvalue weighted by molar-refractivity contribution is 6.26. The molecule has 0 saturated carbocycles. The molecular weight excluding hydrogens is 378 g/mol. The summed E-state index contributed by atoms with van der Waals surface area (Å²) in [5.74, 6) is -1.25. The minimum atomic E-state index is -1.39. The number of Topliss-reactive ketones (excluding diaryl/α,β-unsaturated/α-hetero) is 1. The molecular formula is C21H19NO7. The number of aliphatic carboxylic acids is 1. The molecule has 0 unspecified atom stereocenters. The van der Waals surface area contributed by atoms with Gasteiger partial charge in [0.1, 0.15) is 0 Å². The van der Waals surface area contributed by atoms with Gasteiger partial charge in [-0.25, -0.2) is 4.79 Å². The molecule has 8 heteroatoms.